The van der Waals surface area contributed by atoms with Gasteiger partial charge in [0.1, 0.15) is 5.82 Å². The summed E-state index contributed by atoms with van der Waals surface area (Å²) >= 11 is 0. The number of hydrogen-bond acceptors (Lipinski definition) is 3. The second-order valence-electron chi connectivity index (χ2n) is 4.05. The van der Waals surface area contributed by atoms with Crippen LogP contribution in [-0.2, 0) is 0 Å². The van der Waals surface area contributed by atoms with Gasteiger partial charge in [0.25, 0.3) is 0 Å². The maximum Gasteiger partial charge on any atom is 0.128 e. The molecule has 0 unspecified atom stereocenters. The van der Waals surface area contributed by atoms with Gasteiger partial charge in [-0.2, -0.15) is 0 Å². The number of rotatable bonds is 2. The Hall–Kier alpha value is -0.800. The first kappa shape index (κ1) is 12.3. The van der Waals surface area contributed by atoms with Gasteiger partial charge in [0.05, 0.1) is 0 Å². The highest BCUT2D eigenvalue weighted by Gasteiger charge is 2.24. The van der Waals surface area contributed by atoms with E-state index in [0.717, 1.165) is 5.56 Å². The second-order valence-corrected chi connectivity index (χ2v) is 4.05. The van der Waals surface area contributed by atoms with Crippen molar-refractivity contribution in [3.05, 3.63) is 23.9 Å². The molecule has 15 heavy (non-hydrogen) atoms. The molecule has 4 heteroatoms. The van der Waals surface area contributed by atoms with Crippen molar-refractivity contribution in [3.8, 4) is 0 Å². The van der Waals surface area contributed by atoms with Crippen LogP contribution in [0.4, 0.5) is 5.82 Å². The van der Waals surface area contributed by atoms with E-state index in [1.165, 1.54) is 25.7 Å². The highest BCUT2D eigenvalue weighted by molar-refractivity contribution is 5.85. The first-order chi connectivity index (χ1) is 6.79. The van der Waals surface area contributed by atoms with Gasteiger partial charge in [-0.05, 0) is 24.8 Å². The summed E-state index contributed by atoms with van der Waals surface area (Å²) in [7, 11) is 0. The van der Waals surface area contributed by atoms with Crippen LogP contribution < -0.4 is 11.5 Å². The molecule has 1 aliphatic carbocycles. The molecule has 1 aromatic heterocycles. The fourth-order valence-corrected chi connectivity index (χ4v) is 2.28. The summed E-state index contributed by atoms with van der Waals surface area (Å²) in [6, 6.07) is 3.97. The van der Waals surface area contributed by atoms with Gasteiger partial charge in [-0.3, -0.25) is 0 Å². The van der Waals surface area contributed by atoms with Crippen LogP contribution in [0.2, 0.25) is 0 Å². The van der Waals surface area contributed by atoms with Crippen LogP contribution in [0.1, 0.15) is 37.3 Å². The van der Waals surface area contributed by atoms with Gasteiger partial charge < -0.3 is 11.5 Å². The molecule has 1 aliphatic rings. The zero-order valence-corrected chi connectivity index (χ0v) is 9.54. The van der Waals surface area contributed by atoms with E-state index in [4.69, 9.17) is 11.5 Å². The van der Waals surface area contributed by atoms with Crippen molar-refractivity contribution in [1.29, 1.82) is 0 Å². The lowest BCUT2D eigenvalue weighted by atomic mass is 9.93. The van der Waals surface area contributed by atoms with Gasteiger partial charge in [0.2, 0.25) is 0 Å². The first-order valence-electron chi connectivity index (χ1n) is 5.25. The minimum atomic E-state index is 0. The molecule has 1 atom stereocenters. The summed E-state index contributed by atoms with van der Waals surface area (Å²) in [5, 5.41) is 0. The molecule has 84 valence electrons. The predicted octanol–water partition coefficient (Wildman–Crippen LogP) is 2.28. The molecular weight excluding hydrogens is 210 g/mol. The number of hydrogen-bond donors (Lipinski definition) is 2. The molecule has 0 radical (unpaired) electrons. The largest absolute Gasteiger partial charge is 0.383 e. The van der Waals surface area contributed by atoms with Gasteiger partial charge >= 0.3 is 0 Å². The molecule has 1 aromatic rings. The molecule has 3 nitrogen and oxygen atoms in total. The highest BCUT2D eigenvalue weighted by Crippen LogP contribution is 2.35. The molecule has 1 fully saturated rings. The highest BCUT2D eigenvalue weighted by atomic mass is 35.5. The predicted molar refractivity (Wildman–Crippen MR) is 64.8 cm³/mol. The van der Waals surface area contributed by atoms with Crippen molar-refractivity contribution in [2.45, 2.75) is 31.7 Å². The number of halogens is 1. The van der Waals surface area contributed by atoms with E-state index < -0.39 is 0 Å². The summed E-state index contributed by atoms with van der Waals surface area (Å²) in [5.41, 5.74) is 13.0. The van der Waals surface area contributed by atoms with Crippen LogP contribution >= 0.6 is 12.4 Å². The van der Waals surface area contributed by atoms with E-state index in [9.17, 15) is 0 Å². The van der Waals surface area contributed by atoms with Gasteiger partial charge in [-0.25, -0.2) is 4.98 Å². The van der Waals surface area contributed by atoms with Crippen LogP contribution in [0.15, 0.2) is 18.3 Å². The molecule has 0 spiro atoms. The first-order valence-corrected chi connectivity index (χ1v) is 5.25. The third-order valence-corrected chi connectivity index (χ3v) is 3.14. The Morgan fingerprint density at radius 1 is 1.33 bits per heavy atom. The fourth-order valence-electron chi connectivity index (χ4n) is 2.28. The second kappa shape index (κ2) is 5.33. The number of anilines is 1. The molecule has 0 aliphatic heterocycles. The number of nitrogens with zero attached hydrogens (tertiary/aromatic N) is 1. The van der Waals surface area contributed by atoms with Gasteiger partial charge in [0, 0.05) is 17.8 Å². The Balaban J connectivity index is 0.00000112. The topological polar surface area (TPSA) is 64.9 Å². The monoisotopic (exact) mass is 227 g/mol. The molecule has 0 bridgehead atoms. The van der Waals surface area contributed by atoms with Crippen molar-refractivity contribution in [2.75, 3.05) is 5.73 Å². The summed E-state index contributed by atoms with van der Waals surface area (Å²) < 4.78 is 0. The van der Waals surface area contributed by atoms with E-state index in [1.807, 2.05) is 12.1 Å². The molecule has 1 heterocycles. The average molecular weight is 228 g/mol. The van der Waals surface area contributed by atoms with E-state index in [2.05, 4.69) is 4.98 Å². The van der Waals surface area contributed by atoms with Crippen molar-refractivity contribution < 1.29 is 0 Å². The maximum absolute atomic E-state index is 6.18. The Bertz CT molecular complexity index is 310. The standard InChI is InChI=1S/C11H17N3.ClH/c12-10(8-4-1-2-5-8)9-6-3-7-14-11(9)13;/h3,6-8,10H,1-2,4-5,12H2,(H2,13,14);1H/t10-;/m0./s1. The van der Waals surface area contributed by atoms with Gasteiger partial charge in [-0.15, -0.1) is 12.4 Å². The molecule has 1 saturated carbocycles. The van der Waals surface area contributed by atoms with Crippen LogP contribution in [0.5, 0.6) is 0 Å². The van der Waals surface area contributed by atoms with Crippen LogP contribution in [-0.4, -0.2) is 4.98 Å². The van der Waals surface area contributed by atoms with Crippen molar-refractivity contribution in [3.63, 3.8) is 0 Å². The minimum Gasteiger partial charge on any atom is -0.383 e. The Morgan fingerprint density at radius 2 is 2.00 bits per heavy atom. The van der Waals surface area contributed by atoms with Gasteiger partial charge in [-0.1, -0.05) is 18.9 Å². The molecule has 4 N–H and O–H groups in total. The number of pyridine rings is 1. The lowest BCUT2D eigenvalue weighted by Crippen LogP contribution is -2.20. The molecule has 0 saturated heterocycles. The maximum atomic E-state index is 6.18. The Labute approximate surface area is 96.7 Å². The summed E-state index contributed by atoms with van der Waals surface area (Å²) in [5.74, 6) is 1.19. The van der Waals surface area contributed by atoms with Crippen LogP contribution in [0, 0.1) is 5.92 Å². The molecule has 0 aromatic carbocycles. The third-order valence-electron chi connectivity index (χ3n) is 3.14. The average Bonchev–Trinajstić information content (AvgIpc) is 2.70. The Kier molecular flexibility index (Phi) is 4.36. The smallest absolute Gasteiger partial charge is 0.128 e. The SMILES string of the molecule is Cl.Nc1ncccc1[C@@H](N)C1CCCC1. The van der Waals surface area contributed by atoms with Crippen molar-refractivity contribution in [2.24, 2.45) is 11.7 Å². The zero-order chi connectivity index (χ0) is 9.97. The summed E-state index contributed by atoms with van der Waals surface area (Å²) in [6.45, 7) is 0. The lowest BCUT2D eigenvalue weighted by molar-refractivity contribution is 0.445. The number of nitrogens with two attached hydrogens (primary N) is 2. The van der Waals surface area contributed by atoms with E-state index >= 15 is 0 Å². The summed E-state index contributed by atoms with van der Waals surface area (Å²) in [4.78, 5) is 4.07. The van der Waals surface area contributed by atoms with Gasteiger partial charge in [0.15, 0.2) is 0 Å². The van der Waals surface area contributed by atoms with Crippen molar-refractivity contribution >= 4 is 18.2 Å². The molecule has 0 amide bonds. The van der Waals surface area contributed by atoms with E-state index in [1.54, 1.807) is 6.20 Å². The minimum absolute atomic E-state index is 0. The summed E-state index contributed by atoms with van der Waals surface area (Å²) in [6.07, 6.45) is 6.78. The lowest BCUT2D eigenvalue weighted by Gasteiger charge is -2.19. The molecule has 2 rings (SSSR count). The Morgan fingerprint density at radius 3 is 2.60 bits per heavy atom. The zero-order valence-electron chi connectivity index (χ0n) is 8.73. The number of aromatic nitrogens is 1. The fraction of sp³-hybridized carbons (Fsp3) is 0.545. The van der Waals surface area contributed by atoms with E-state index in [0.29, 0.717) is 11.7 Å². The number of nitrogen functional groups attached to an aromatic ring is 1. The normalized spacial score (nSPS) is 18.5. The third kappa shape index (κ3) is 2.61. The van der Waals surface area contributed by atoms with Crippen molar-refractivity contribution in [1.82, 2.24) is 4.98 Å². The van der Waals surface area contributed by atoms with E-state index in [-0.39, 0.29) is 18.4 Å². The molecular formula is C11H18ClN3. The van der Waals surface area contributed by atoms with Crippen LogP contribution in [0.3, 0.4) is 0 Å². The van der Waals surface area contributed by atoms with Crippen LogP contribution in [0.25, 0.3) is 0 Å². The quantitative estimate of drug-likeness (QED) is 0.815.